The van der Waals surface area contributed by atoms with Crippen molar-refractivity contribution in [3.05, 3.63) is 22.7 Å². The fourth-order valence-corrected chi connectivity index (χ4v) is 3.05. The Morgan fingerprint density at radius 2 is 1.72 bits per heavy atom. The molecule has 1 aromatic heterocycles. The van der Waals surface area contributed by atoms with Crippen molar-refractivity contribution < 1.29 is 25.9 Å². The van der Waals surface area contributed by atoms with E-state index in [1.807, 2.05) is 18.5 Å². The molecule has 0 radical (unpaired) electrons. The van der Waals surface area contributed by atoms with E-state index in [1.54, 1.807) is 11.3 Å². The van der Waals surface area contributed by atoms with Crippen LogP contribution in [0.1, 0.15) is 10.6 Å². The highest BCUT2D eigenvalue weighted by Gasteiger charge is 2.11. The molecule has 10 heteroatoms. The van der Waals surface area contributed by atoms with Gasteiger partial charge in [0.2, 0.25) is 0 Å². The molecule has 1 aromatic rings. The molecule has 0 amide bonds. The fraction of sp³-hybridized carbons (Fsp3) is 0.375. The molecular weight excluding hydrogens is 302 g/mol. The highest BCUT2D eigenvalue weighted by atomic mass is 32.2. The van der Waals surface area contributed by atoms with E-state index in [0.29, 0.717) is 0 Å². The molecule has 7 nitrogen and oxygen atoms in total. The Labute approximate surface area is 110 Å². The molecule has 0 atom stereocenters. The third kappa shape index (κ3) is 9.24. The van der Waals surface area contributed by atoms with Crippen LogP contribution in [0.2, 0.25) is 0 Å². The van der Waals surface area contributed by atoms with Crippen molar-refractivity contribution in [2.45, 2.75) is 6.92 Å². The number of aryl methyl sites for hydroxylation is 1. The van der Waals surface area contributed by atoms with Gasteiger partial charge in [-0.25, -0.2) is 4.98 Å². The van der Waals surface area contributed by atoms with E-state index >= 15 is 0 Å². The van der Waals surface area contributed by atoms with Crippen LogP contribution in [0.25, 0.3) is 6.08 Å². The number of thiazole rings is 1. The van der Waals surface area contributed by atoms with Gasteiger partial charge in [-0.3, -0.25) is 9.11 Å². The Bertz CT molecular complexity index is 554. The normalized spacial score (nSPS) is 11.5. The van der Waals surface area contributed by atoms with Crippen molar-refractivity contribution in [3.8, 4) is 0 Å². The van der Waals surface area contributed by atoms with E-state index in [1.165, 1.54) is 4.88 Å². The van der Waals surface area contributed by atoms with Gasteiger partial charge in [0.05, 0.1) is 22.7 Å². The highest BCUT2D eigenvalue weighted by Crippen LogP contribution is 2.11. The number of nitrogens with zero attached hydrogens (tertiary/aromatic N) is 1. The molecule has 1 heterocycles. The Hall–Kier alpha value is -0.810. The van der Waals surface area contributed by atoms with Crippen LogP contribution in [0.3, 0.4) is 0 Å². The minimum Gasteiger partial charge on any atom is -0.286 e. The van der Waals surface area contributed by atoms with Crippen molar-refractivity contribution in [2.24, 2.45) is 0 Å². The van der Waals surface area contributed by atoms with Crippen LogP contribution < -0.4 is 0 Å². The van der Waals surface area contributed by atoms with Crippen molar-refractivity contribution >= 4 is 37.6 Å². The predicted molar refractivity (Wildman–Crippen MR) is 69.8 cm³/mol. The van der Waals surface area contributed by atoms with Gasteiger partial charge >= 0.3 is 0 Å². The molecule has 18 heavy (non-hydrogen) atoms. The number of hydrogen-bond acceptors (Lipinski definition) is 6. The number of aromatic nitrogens is 1. The van der Waals surface area contributed by atoms with Crippen LogP contribution in [-0.2, 0) is 20.2 Å². The lowest BCUT2D eigenvalue weighted by Crippen LogP contribution is -2.15. The summed E-state index contributed by atoms with van der Waals surface area (Å²) in [6, 6.07) is 0. The van der Waals surface area contributed by atoms with Gasteiger partial charge in [0.1, 0.15) is 0 Å². The standard InChI is InChI=1S/C6H7NS.C2H6O6S2/c1-3-6-5(2)7-4-8-6;3-9(4,5)1-2-10(6,7)8/h3-4H,1H2,2H3;1-2H2,(H,3,4,5)(H,6,7,8). The first-order chi connectivity index (χ1) is 8.05. The monoisotopic (exact) mass is 315 g/mol. The summed E-state index contributed by atoms with van der Waals surface area (Å²) in [4.78, 5) is 5.21. The third-order valence-corrected chi connectivity index (χ3v) is 4.19. The zero-order valence-corrected chi connectivity index (χ0v) is 11.9. The molecule has 0 saturated heterocycles. The molecule has 0 saturated carbocycles. The smallest absolute Gasteiger partial charge is 0.265 e. The first kappa shape index (κ1) is 17.2. The molecule has 0 aliphatic rings. The lowest BCUT2D eigenvalue weighted by atomic mass is 10.4. The lowest BCUT2D eigenvalue weighted by molar-refractivity contribution is 0.472. The molecule has 0 spiro atoms. The van der Waals surface area contributed by atoms with Gasteiger partial charge in [-0.2, -0.15) is 16.8 Å². The largest absolute Gasteiger partial charge is 0.286 e. The Morgan fingerprint density at radius 3 is 1.89 bits per heavy atom. The van der Waals surface area contributed by atoms with Gasteiger partial charge in [-0.05, 0) is 6.92 Å². The topological polar surface area (TPSA) is 122 Å². The molecule has 104 valence electrons. The molecule has 0 unspecified atom stereocenters. The quantitative estimate of drug-likeness (QED) is 0.790. The van der Waals surface area contributed by atoms with E-state index in [4.69, 9.17) is 9.11 Å². The van der Waals surface area contributed by atoms with E-state index in [-0.39, 0.29) is 0 Å². The van der Waals surface area contributed by atoms with Gasteiger partial charge in [-0.1, -0.05) is 12.7 Å². The van der Waals surface area contributed by atoms with Crippen LogP contribution in [-0.4, -0.2) is 42.4 Å². The highest BCUT2D eigenvalue weighted by molar-refractivity contribution is 7.89. The van der Waals surface area contributed by atoms with E-state index in [0.717, 1.165) is 5.69 Å². The second-order valence-electron chi connectivity index (χ2n) is 3.08. The van der Waals surface area contributed by atoms with Gasteiger partial charge in [0, 0.05) is 4.88 Å². The summed E-state index contributed by atoms with van der Waals surface area (Å²) in [5.41, 5.74) is 2.90. The minimum atomic E-state index is -4.30. The third-order valence-electron chi connectivity index (χ3n) is 1.57. The summed E-state index contributed by atoms with van der Waals surface area (Å²) < 4.78 is 55.4. The summed E-state index contributed by atoms with van der Waals surface area (Å²) in [5.74, 6) is -1.96. The van der Waals surface area contributed by atoms with Crippen molar-refractivity contribution in [3.63, 3.8) is 0 Å². The molecular formula is C8H13NO6S3. The first-order valence-corrected chi connectivity index (χ1v) is 8.58. The Balaban J connectivity index is 0.000000327. The summed E-state index contributed by atoms with van der Waals surface area (Å²) in [6.07, 6.45) is 1.83. The maximum atomic E-state index is 9.86. The van der Waals surface area contributed by atoms with Gasteiger partial charge < -0.3 is 0 Å². The lowest BCUT2D eigenvalue weighted by Gasteiger charge is -1.92. The summed E-state index contributed by atoms with van der Waals surface area (Å²) in [5, 5.41) is 0. The van der Waals surface area contributed by atoms with Crippen LogP contribution in [0.4, 0.5) is 0 Å². The molecule has 0 bridgehead atoms. The van der Waals surface area contributed by atoms with Gasteiger partial charge in [-0.15, -0.1) is 11.3 Å². The average molecular weight is 315 g/mol. The van der Waals surface area contributed by atoms with Crippen LogP contribution in [0.5, 0.6) is 0 Å². The van der Waals surface area contributed by atoms with Crippen LogP contribution in [0.15, 0.2) is 12.1 Å². The predicted octanol–water partition coefficient (Wildman–Crippen LogP) is 0.857. The molecule has 0 aliphatic heterocycles. The second kappa shape index (κ2) is 6.95. The van der Waals surface area contributed by atoms with Gasteiger partial charge in [0.25, 0.3) is 20.2 Å². The van der Waals surface area contributed by atoms with Crippen molar-refractivity contribution in [1.29, 1.82) is 0 Å². The summed E-state index contributed by atoms with van der Waals surface area (Å²) in [7, 11) is -8.59. The van der Waals surface area contributed by atoms with Gasteiger partial charge in [0.15, 0.2) is 0 Å². The summed E-state index contributed by atoms with van der Waals surface area (Å²) in [6.45, 7) is 5.61. The zero-order valence-electron chi connectivity index (χ0n) is 9.48. The molecule has 1 rings (SSSR count). The molecule has 2 N–H and O–H groups in total. The summed E-state index contributed by atoms with van der Waals surface area (Å²) >= 11 is 1.62. The van der Waals surface area contributed by atoms with E-state index in [9.17, 15) is 16.8 Å². The second-order valence-corrected chi connectivity index (χ2v) is 7.11. The zero-order chi connectivity index (χ0) is 14.4. The average Bonchev–Trinajstić information content (AvgIpc) is 2.60. The van der Waals surface area contributed by atoms with Crippen LogP contribution >= 0.6 is 11.3 Å². The number of hydrogen-bond donors (Lipinski definition) is 2. The maximum Gasteiger partial charge on any atom is 0.265 e. The van der Waals surface area contributed by atoms with Crippen molar-refractivity contribution in [1.82, 2.24) is 4.98 Å². The van der Waals surface area contributed by atoms with E-state index < -0.39 is 31.7 Å². The van der Waals surface area contributed by atoms with Crippen molar-refractivity contribution in [2.75, 3.05) is 11.5 Å². The first-order valence-electron chi connectivity index (χ1n) is 4.48. The minimum absolute atomic E-state index is 0.980. The van der Waals surface area contributed by atoms with Crippen LogP contribution in [0, 0.1) is 6.92 Å². The molecule has 0 aromatic carbocycles. The number of rotatable bonds is 4. The maximum absolute atomic E-state index is 9.86. The fourth-order valence-electron chi connectivity index (χ4n) is 0.718. The molecule has 0 aliphatic carbocycles. The molecule has 0 fully saturated rings. The van der Waals surface area contributed by atoms with E-state index in [2.05, 4.69) is 11.6 Å². The Kier molecular flexibility index (Phi) is 6.63. The Morgan fingerprint density at radius 1 is 1.28 bits per heavy atom. The SMILES string of the molecule is C=Cc1scnc1C.O=S(=O)(O)CCS(=O)(=O)O.